The summed E-state index contributed by atoms with van der Waals surface area (Å²) >= 11 is 0. The Kier molecular flexibility index (Phi) is 5.58. The van der Waals surface area contributed by atoms with E-state index in [1.54, 1.807) is 0 Å². The number of aliphatic imine (C=N–C) groups is 1. The Balaban J connectivity index is 2.02. The number of aromatic nitrogens is 2. The van der Waals surface area contributed by atoms with Gasteiger partial charge in [-0.2, -0.15) is 5.10 Å². The van der Waals surface area contributed by atoms with Crippen LogP contribution in [0.3, 0.4) is 0 Å². The number of rotatable bonds is 5. The molecule has 1 aromatic carbocycles. The van der Waals surface area contributed by atoms with Crippen LogP contribution in [0.5, 0.6) is 0 Å². The standard InChI is InChI=1S/C17H25N5/c1-5-18-17(19-11-15-9-7-6-8-10-15)20-12-16-13(2)21-22(4)14(16)3/h6-10H,5,11-12H2,1-4H3,(H2,18,19,20). The Hall–Kier alpha value is -2.30. The van der Waals surface area contributed by atoms with E-state index in [4.69, 9.17) is 0 Å². The van der Waals surface area contributed by atoms with E-state index in [1.165, 1.54) is 16.8 Å². The molecule has 0 saturated heterocycles. The van der Waals surface area contributed by atoms with Crippen molar-refractivity contribution in [1.82, 2.24) is 20.4 Å². The molecule has 22 heavy (non-hydrogen) atoms. The average molecular weight is 299 g/mol. The molecule has 0 aliphatic heterocycles. The second kappa shape index (κ2) is 7.64. The summed E-state index contributed by atoms with van der Waals surface area (Å²) < 4.78 is 1.92. The van der Waals surface area contributed by atoms with Crippen molar-refractivity contribution in [2.75, 3.05) is 6.54 Å². The summed E-state index contributed by atoms with van der Waals surface area (Å²) in [6.07, 6.45) is 0. The van der Waals surface area contributed by atoms with Crippen molar-refractivity contribution in [2.24, 2.45) is 12.0 Å². The molecule has 0 atom stereocenters. The van der Waals surface area contributed by atoms with Crippen LogP contribution in [0.25, 0.3) is 0 Å². The van der Waals surface area contributed by atoms with Crippen LogP contribution in [0.15, 0.2) is 35.3 Å². The fourth-order valence-electron chi connectivity index (χ4n) is 2.34. The lowest BCUT2D eigenvalue weighted by molar-refractivity contribution is 0.728. The van der Waals surface area contributed by atoms with Crippen molar-refractivity contribution in [1.29, 1.82) is 0 Å². The second-order valence-electron chi connectivity index (χ2n) is 5.31. The van der Waals surface area contributed by atoms with Crippen molar-refractivity contribution in [3.05, 3.63) is 52.8 Å². The van der Waals surface area contributed by atoms with Gasteiger partial charge >= 0.3 is 0 Å². The molecule has 0 unspecified atom stereocenters. The molecule has 5 nitrogen and oxygen atoms in total. The van der Waals surface area contributed by atoms with Crippen LogP contribution in [0.4, 0.5) is 0 Å². The van der Waals surface area contributed by atoms with Gasteiger partial charge in [0, 0.05) is 31.4 Å². The fourth-order valence-corrected chi connectivity index (χ4v) is 2.34. The zero-order chi connectivity index (χ0) is 15.9. The highest BCUT2D eigenvalue weighted by atomic mass is 15.3. The van der Waals surface area contributed by atoms with Gasteiger partial charge in [-0.25, -0.2) is 4.99 Å². The zero-order valence-corrected chi connectivity index (χ0v) is 13.8. The lowest BCUT2D eigenvalue weighted by Crippen LogP contribution is -2.37. The summed E-state index contributed by atoms with van der Waals surface area (Å²) in [5.74, 6) is 0.828. The Morgan fingerprint density at radius 1 is 1.18 bits per heavy atom. The van der Waals surface area contributed by atoms with E-state index in [-0.39, 0.29) is 0 Å². The molecule has 0 spiro atoms. The normalized spacial score (nSPS) is 11.5. The minimum Gasteiger partial charge on any atom is -0.357 e. The highest BCUT2D eigenvalue weighted by Crippen LogP contribution is 2.11. The lowest BCUT2D eigenvalue weighted by Gasteiger charge is -2.11. The van der Waals surface area contributed by atoms with Gasteiger partial charge in [0.25, 0.3) is 0 Å². The van der Waals surface area contributed by atoms with Gasteiger partial charge in [-0.05, 0) is 26.3 Å². The molecule has 2 N–H and O–H groups in total. The largest absolute Gasteiger partial charge is 0.357 e. The summed E-state index contributed by atoms with van der Waals surface area (Å²) in [5.41, 5.74) is 4.68. The summed E-state index contributed by atoms with van der Waals surface area (Å²) in [6, 6.07) is 10.3. The van der Waals surface area contributed by atoms with Gasteiger partial charge in [0.05, 0.1) is 12.2 Å². The molecule has 1 aromatic heterocycles. The number of nitrogens with zero attached hydrogens (tertiary/aromatic N) is 3. The first-order valence-corrected chi connectivity index (χ1v) is 7.67. The first-order chi connectivity index (χ1) is 10.6. The molecule has 0 aliphatic rings. The van der Waals surface area contributed by atoms with E-state index in [0.717, 1.165) is 24.7 Å². The minimum absolute atomic E-state index is 0.668. The highest BCUT2D eigenvalue weighted by Gasteiger charge is 2.09. The van der Waals surface area contributed by atoms with Crippen LogP contribution >= 0.6 is 0 Å². The molecular weight excluding hydrogens is 274 g/mol. The first kappa shape index (κ1) is 16.1. The third-order valence-corrected chi connectivity index (χ3v) is 3.70. The van der Waals surface area contributed by atoms with E-state index in [1.807, 2.05) is 36.9 Å². The molecule has 1 heterocycles. The number of hydrogen-bond donors (Lipinski definition) is 2. The Bertz CT molecular complexity index is 628. The molecular formula is C17H25N5. The zero-order valence-electron chi connectivity index (χ0n) is 13.8. The van der Waals surface area contributed by atoms with Crippen molar-refractivity contribution in [2.45, 2.75) is 33.9 Å². The summed E-state index contributed by atoms with van der Waals surface area (Å²) in [5, 5.41) is 11.1. The Morgan fingerprint density at radius 2 is 1.91 bits per heavy atom. The van der Waals surface area contributed by atoms with E-state index in [2.05, 4.69) is 46.7 Å². The molecule has 0 saturated carbocycles. The van der Waals surface area contributed by atoms with Gasteiger partial charge in [-0.1, -0.05) is 30.3 Å². The van der Waals surface area contributed by atoms with E-state index < -0.39 is 0 Å². The van der Waals surface area contributed by atoms with E-state index >= 15 is 0 Å². The van der Waals surface area contributed by atoms with Crippen molar-refractivity contribution >= 4 is 5.96 Å². The summed E-state index contributed by atoms with van der Waals surface area (Å²) in [7, 11) is 1.97. The van der Waals surface area contributed by atoms with Crippen LogP contribution in [0.1, 0.15) is 29.4 Å². The van der Waals surface area contributed by atoms with Crippen LogP contribution in [0, 0.1) is 13.8 Å². The number of nitrogens with one attached hydrogen (secondary N) is 2. The molecule has 0 aliphatic carbocycles. The third kappa shape index (κ3) is 4.10. The van der Waals surface area contributed by atoms with Crippen molar-refractivity contribution < 1.29 is 0 Å². The van der Waals surface area contributed by atoms with Crippen molar-refractivity contribution in [3.8, 4) is 0 Å². The fraction of sp³-hybridized carbons (Fsp3) is 0.412. The van der Waals surface area contributed by atoms with Crippen LogP contribution in [-0.4, -0.2) is 22.3 Å². The SMILES string of the molecule is CCNC(=NCc1ccccc1)NCc1c(C)nn(C)c1C. The molecule has 0 bridgehead atoms. The Labute approximate surface area is 132 Å². The number of aryl methyl sites for hydroxylation is 2. The van der Waals surface area contributed by atoms with Gasteiger partial charge in [0.1, 0.15) is 0 Å². The van der Waals surface area contributed by atoms with Gasteiger partial charge in [0.15, 0.2) is 5.96 Å². The van der Waals surface area contributed by atoms with E-state index in [9.17, 15) is 0 Å². The number of guanidine groups is 1. The van der Waals surface area contributed by atoms with Crippen LogP contribution in [-0.2, 0) is 20.1 Å². The van der Waals surface area contributed by atoms with Gasteiger partial charge in [-0.3, -0.25) is 4.68 Å². The minimum atomic E-state index is 0.668. The first-order valence-electron chi connectivity index (χ1n) is 7.67. The number of hydrogen-bond acceptors (Lipinski definition) is 2. The predicted molar refractivity (Wildman–Crippen MR) is 90.8 cm³/mol. The maximum atomic E-state index is 4.63. The Morgan fingerprint density at radius 3 is 2.50 bits per heavy atom. The van der Waals surface area contributed by atoms with Gasteiger partial charge in [0.2, 0.25) is 0 Å². The molecule has 2 aromatic rings. The summed E-state index contributed by atoms with van der Waals surface area (Å²) in [4.78, 5) is 4.63. The predicted octanol–water partition coefficient (Wildman–Crippen LogP) is 2.29. The number of benzene rings is 1. The molecule has 0 radical (unpaired) electrons. The average Bonchev–Trinajstić information content (AvgIpc) is 2.76. The smallest absolute Gasteiger partial charge is 0.191 e. The van der Waals surface area contributed by atoms with Gasteiger partial charge < -0.3 is 10.6 Å². The molecule has 5 heteroatoms. The lowest BCUT2D eigenvalue weighted by atomic mass is 10.2. The van der Waals surface area contributed by atoms with Gasteiger partial charge in [-0.15, -0.1) is 0 Å². The molecule has 2 rings (SSSR count). The second-order valence-corrected chi connectivity index (χ2v) is 5.31. The van der Waals surface area contributed by atoms with Crippen molar-refractivity contribution in [3.63, 3.8) is 0 Å². The topological polar surface area (TPSA) is 54.2 Å². The monoisotopic (exact) mass is 299 g/mol. The molecule has 118 valence electrons. The highest BCUT2D eigenvalue weighted by molar-refractivity contribution is 5.79. The third-order valence-electron chi connectivity index (χ3n) is 3.70. The maximum absolute atomic E-state index is 4.63. The molecule has 0 fully saturated rings. The van der Waals surface area contributed by atoms with E-state index in [0.29, 0.717) is 6.54 Å². The quantitative estimate of drug-likeness (QED) is 0.658. The maximum Gasteiger partial charge on any atom is 0.191 e. The van der Waals surface area contributed by atoms with Crippen LogP contribution in [0.2, 0.25) is 0 Å². The molecule has 0 amide bonds. The van der Waals surface area contributed by atoms with Crippen LogP contribution < -0.4 is 10.6 Å². The summed E-state index contributed by atoms with van der Waals surface area (Å²) in [6.45, 7) is 8.43.